The van der Waals surface area contributed by atoms with Crippen LogP contribution in [0, 0.1) is 11.3 Å². The lowest BCUT2D eigenvalue weighted by atomic mass is 10.2. The van der Waals surface area contributed by atoms with E-state index in [4.69, 9.17) is 15.7 Å². The average Bonchev–Trinajstić information content (AvgIpc) is 2.63. The molecule has 2 N–H and O–H groups in total. The summed E-state index contributed by atoms with van der Waals surface area (Å²) in [6, 6.07) is 2.37. The Morgan fingerprint density at radius 2 is 2.38 bits per heavy atom. The number of hydrogen-bond acceptors (Lipinski definition) is 6. The molecule has 2 heterocycles. The van der Waals surface area contributed by atoms with E-state index in [1.807, 2.05) is 6.92 Å². The van der Waals surface area contributed by atoms with Gasteiger partial charge in [0.2, 0.25) is 0 Å². The summed E-state index contributed by atoms with van der Waals surface area (Å²) in [6.45, 7) is 5.54. The van der Waals surface area contributed by atoms with E-state index < -0.39 is 0 Å². The van der Waals surface area contributed by atoms with E-state index in [1.54, 1.807) is 0 Å². The summed E-state index contributed by atoms with van der Waals surface area (Å²) >= 11 is 1.29. The molecule has 0 amide bonds. The van der Waals surface area contributed by atoms with E-state index in [-0.39, 0.29) is 12.1 Å². The topological polar surface area (TPSA) is 75.2 Å². The number of nitrogen functional groups attached to an aromatic ring is 1. The van der Waals surface area contributed by atoms with Crippen molar-refractivity contribution in [2.75, 3.05) is 23.8 Å². The predicted molar refractivity (Wildman–Crippen MR) is 63.5 cm³/mol. The van der Waals surface area contributed by atoms with Crippen LogP contribution in [0.15, 0.2) is 0 Å². The smallest absolute Gasteiger partial charge is 0.157 e. The number of morpholine rings is 1. The third kappa shape index (κ3) is 1.84. The number of hydrogen-bond donors (Lipinski definition) is 1. The molecule has 1 aliphatic rings. The maximum atomic E-state index is 9.05. The van der Waals surface area contributed by atoms with Gasteiger partial charge in [-0.15, -0.1) is 0 Å². The van der Waals surface area contributed by atoms with Crippen molar-refractivity contribution in [1.29, 1.82) is 5.26 Å². The highest BCUT2D eigenvalue weighted by Crippen LogP contribution is 2.32. The standard InChI is InChI=1S/C10H14N4OS/c1-6-5-15-7(2)4-14(6)10-8(3-11)9(12)13-16-10/h6-7H,4-5H2,1-2H3,(H2,12,13). The monoisotopic (exact) mass is 238 g/mol. The fourth-order valence-corrected chi connectivity index (χ4v) is 2.66. The molecule has 0 aliphatic carbocycles. The molecular weight excluding hydrogens is 224 g/mol. The van der Waals surface area contributed by atoms with Gasteiger partial charge in [0.25, 0.3) is 0 Å². The molecule has 1 aromatic heterocycles. The predicted octanol–water partition coefficient (Wildman–Crippen LogP) is 1.21. The van der Waals surface area contributed by atoms with E-state index in [2.05, 4.69) is 22.3 Å². The first-order valence-corrected chi connectivity index (χ1v) is 5.94. The number of nitriles is 1. The number of nitrogens with zero attached hydrogens (tertiary/aromatic N) is 3. The molecule has 1 aromatic rings. The molecule has 1 fully saturated rings. The lowest BCUT2D eigenvalue weighted by molar-refractivity contribution is 0.0346. The number of aromatic nitrogens is 1. The van der Waals surface area contributed by atoms with E-state index in [1.165, 1.54) is 11.5 Å². The van der Waals surface area contributed by atoms with Crippen LogP contribution in [0.1, 0.15) is 19.4 Å². The molecule has 0 bridgehead atoms. The van der Waals surface area contributed by atoms with Crippen molar-refractivity contribution in [1.82, 2.24) is 4.37 Å². The number of rotatable bonds is 1. The minimum atomic E-state index is 0.172. The largest absolute Gasteiger partial charge is 0.382 e. The number of anilines is 2. The third-order valence-corrected chi connectivity index (χ3v) is 3.58. The van der Waals surface area contributed by atoms with Crippen molar-refractivity contribution in [3.05, 3.63) is 5.56 Å². The van der Waals surface area contributed by atoms with Gasteiger partial charge in [0.1, 0.15) is 16.6 Å². The highest BCUT2D eigenvalue weighted by molar-refractivity contribution is 7.10. The van der Waals surface area contributed by atoms with Gasteiger partial charge in [0.05, 0.1) is 18.8 Å². The minimum Gasteiger partial charge on any atom is -0.382 e. The average molecular weight is 238 g/mol. The molecule has 2 unspecified atom stereocenters. The van der Waals surface area contributed by atoms with E-state index >= 15 is 0 Å². The Balaban J connectivity index is 2.32. The second-order valence-electron chi connectivity index (χ2n) is 4.01. The van der Waals surface area contributed by atoms with Gasteiger partial charge in [-0.3, -0.25) is 0 Å². The summed E-state index contributed by atoms with van der Waals surface area (Å²) in [6.07, 6.45) is 0.172. The molecule has 2 rings (SSSR count). The Bertz CT molecular complexity index is 425. The van der Waals surface area contributed by atoms with Crippen LogP contribution in [0.5, 0.6) is 0 Å². The first-order chi connectivity index (χ1) is 7.63. The number of nitrogens with two attached hydrogens (primary N) is 1. The molecule has 1 saturated heterocycles. The van der Waals surface area contributed by atoms with E-state index in [9.17, 15) is 0 Å². The molecule has 16 heavy (non-hydrogen) atoms. The zero-order valence-electron chi connectivity index (χ0n) is 9.30. The Labute approximate surface area is 98.6 Å². The van der Waals surface area contributed by atoms with Crippen LogP contribution in [0.3, 0.4) is 0 Å². The SMILES string of the molecule is CC1CN(c2snc(N)c2C#N)C(C)CO1. The Morgan fingerprint density at radius 1 is 1.62 bits per heavy atom. The lowest BCUT2D eigenvalue weighted by Crippen LogP contribution is -2.47. The van der Waals surface area contributed by atoms with Gasteiger partial charge < -0.3 is 15.4 Å². The maximum Gasteiger partial charge on any atom is 0.157 e. The molecule has 2 atom stereocenters. The molecule has 5 nitrogen and oxygen atoms in total. The van der Waals surface area contributed by atoms with E-state index in [0.717, 1.165) is 11.5 Å². The zero-order valence-corrected chi connectivity index (χ0v) is 10.1. The highest BCUT2D eigenvalue weighted by Gasteiger charge is 2.27. The van der Waals surface area contributed by atoms with Crippen molar-refractivity contribution in [2.45, 2.75) is 26.0 Å². The molecule has 1 aliphatic heterocycles. The minimum absolute atomic E-state index is 0.172. The van der Waals surface area contributed by atoms with Gasteiger partial charge in [-0.1, -0.05) is 0 Å². The Hall–Kier alpha value is -1.32. The van der Waals surface area contributed by atoms with Crippen LogP contribution in [0.2, 0.25) is 0 Å². The van der Waals surface area contributed by atoms with Gasteiger partial charge in [-0.2, -0.15) is 9.64 Å². The third-order valence-electron chi connectivity index (χ3n) is 2.68. The number of ether oxygens (including phenoxy) is 1. The van der Waals surface area contributed by atoms with Crippen LogP contribution < -0.4 is 10.6 Å². The molecule has 6 heteroatoms. The normalized spacial score (nSPS) is 25.4. The van der Waals surface area contributed by atoms with Crippen molar-refractivity contribution in [2.24, 2.45) is 0 Å². The lowest BCUT2D eigenvalue weighted by Gasteiger charge is -2.37. The van der Waals surface area contributed by atoms with Crippen LogP contribution in [0.4, 0.5) is 10.8 Å². The molecule has 86 valence electrons. The first-order valence-electron chi connectivity index (χ1n) is 5.17. The Morgan fingerprint density at radius 3 is 3.06 bits per heavy atom. The summed E-state index contributed by atoms with van der Waals surface area (Å²) < 4.78 is 9.59. The molecule has 0 spiro atoms. The van der Waals surface area contributed by atoms with Crippen molar-refractivity contribution >= 4 is 22.4 Å². The molecular formula is C10H14N4OS. The summed E-state index contributed by atoms with van der Waals surface area (Å²) in [5.41, 5.74) is 6.15. The second kappa shape index (κ2) is 4.28. The van der Waals surface area contributed by atoms with Gasteiger partial charge in [-0.25, -0.2) is 0 Å². The summed E-state index contributed by atoms with van der Waals surface area (Å²) in [4.78, 5) is 2.15. The fraction of sp³-hybridized carbons (Fsp3) is 0.600. The van der Waals surface area contributed by atoms with Crippen LogP contribution >= 0.6 is 11.5 Å². The fourth-order valence-electron chi connectivity index (χ4n) is 1.78. The second-order valence-corrected chi connectivity index (χ2v) is 4.76. The van der Waals surface area contributed by atoms with Crippen LogP contribution in [-0.4, -0.2) is 29.7 Å². The van der Waals surface area contributed by atoms with Gasteiger partial charge >= 0.3 is 0 Å². The van der Waals surface area contributed by atoms with Crippen molar-refractivity contribution in [3.63, 3.8) is 0 Å². The first kappa shape index (κ1) is 11.2. The summed E-state index contributed by atoms with van der Waals surface area (Å²) in [5.74, 6) is 0.328. The van der Waals surface area contributed by atoms with E-state index in [0.29, 0.717) is 18.0 Å². The molecule has 0 saturated carbocycles. The van der Waals surface area contributed by atoms with Crippen LogP contribution in [-0.2, 0) is 4.74 Å². The van der Waals surface area contributed by atoms with Crippen molar-refractivity contribution < 1.29 is 4.74 Å². The quantitative estimate of drug-likeness (QED) is 0.796. The highest BCUT2D eigenvalue weighted by atomic mass is 32.1. The zero-order chi connectivity index (χ0) is 11.7. The molecule has 0 aromatic carbocycles. The maximum absolute atomic E-state index is 9.05. The Kier molecular flexibility index (Phi) is 2.99. The van der Waals surface area contributed by atoms with Gasteiger partial charge in [0.15, 0.2) is 5.82 Å². The van der Waals surface area contributed by atoms with Crippen LogP contribution in [0.25, 0.3) is 0 Å². The van der Waals surface area contributed by atoms with Crippen molar-refractivity contribution in [3.8, 4) is 6.07 Å². The van der Waals surface area contributed by atoms with Gasteiger partial charge in [-0.05, 0) is 25.4 Å². The summed E-state index contributed by atoms with van der Waals surface area (Å²) in [7, 11) is 0. The summed E-state index contributed by atoms with van der Waals surface area (Å²) in [5, 5.41) is 9.91. The molecule has 0 radical (unpaired) electrons. The van der Waals surface area contributed by atoms with Gasteiger partial charge in [0, 0.05) is 6.54 Å².